The number of carbonyl (C=O) groups excluding carboxylic acids is 1. The third kappa shape index (κ3) is 2.67. The van der Waals surface area contributed by atoms with E-state index in [0.717, 1.165) is 38.8 Å². The highest BCUT2D eigenvalue weighted by Crippen LogP contribution is 2.30. The van der Waals surface area contributed by atoms with Crippen LogP contribution in [0.15, 0.2) is 54.7 Å². The lowest BCUT2D eigenvalue weighted by molar-refractivity contribution is 0.0528. The first-order valence-electron chi connectivity index (χ1n) is 8.43. The van der Waals surface area contributed by atoms with Gasteiger partial charge in [0.05, 0.1) is 30.3 Å². The van der Waals surface area contributed by atoms with E-state index in [1.807, 2.05) is 48.5 Å². The number of ether oxygens (including phenoxy) is 2. The van der Waals surface area contributed by atoms with Crippen molar-refractivity contribution in [3.8, 4) is 17.0 Å². The van der Waals surface area contributed by atoms with Gasteiger partial charge in [-0.25, -0.2) is 4.79 Å². The maximum absolute atomic E-state index is 12.5. The van der Waals surface area contributed by atoms with Crippen LogP contribution in [0.5, 0.6) is 5.75 Å². The SMILES string of the molecule is CCOC(=O)c1cc(-c2ccc(OC)cc2)[nH]c2c1ccc1nccc12. The Labute approximate surface area is 150 Å². The third-order valence-corrected chi connectivity index (χ3v) is 4.41. The van der Waals surface area contributed by atoms with Gasteiger partial charge in [0, 0.05) is 22.7 Å². The molecule has 130 valence electrons. The molecule has 2 aromatic heterocycles. The number of fused-ring (bicyclic) bond motifs is 3. The number of hydrogen-bond acceptors (Lipinski definition) is 4. The number of benzene rings is 2. The molecule has 0 aliphatic carbocycles. The minimum Gasteiger partial charge on any atom is -0.497 e. The summed E-state index contributed by atoms with van der Waals surface area (Å²) in [5.41, 5.74) is 4.08. The van der Waals surface area contributed by atoms with E-state index in [9.17, 15) is 4.79 Å². The zero-order chi connectivity index (χ0) is 18.1. The minimum absolute atomic E-state index is 0.330. The van der Waals surface area contributed by atoms with Gasteiger partial charge in [0.2, 0.25) is 0 Å². The fraction of sp³-hybridized carbons (Fsp3) is 0.143. The van der Waals surface area contributed by atoms with Crippen LogP contribution < -0.4 is 4.74 Å². The summed E-state index contributed by atoms with van der Waals surface area (Å²) in [7, 11) is 1.63. The Kier molecular flexibility index (Phi) is 4.05. The van der Waals surface area contributed by atoms with Gasteiger partial charge in [-0.05, 0) is 61.0 Å². The largest absolute Gasteiger partial charge is 0.497 e. The summed E-state index contributed by atoms with van der Waals surface area (Å²) in [5, 5.41) is 1.80. The molecule has 5 heteroatoms. The summed E-state index contributed by atoms with van der Waals surface area (Å²) in [6.07, 6.45) is 1.77. The van der Waals surface area contributed by atoms with Gasteiger partial charge in [-0.15, -0.1) is 0 Å². The molecule has 5 nitrogen and oxygen atoms in total. The lowest BCUT2D eigenvalue weighted by Gasteiger charge is -2.12. The Bertz CT molecular complexity index is 1100. The van der Waals surface area contributed by atoms with Crippen LogP contribution in [0.4, 0.5) is 0 Å². The quantitative estimate of drug-likeness (QED) is 0.550. The molecule has 0 spiro atoms. The highest BCUT2D eigenvalue weighted by molar-refractivity contribution is 6.12. The van der Waals surface area contributed by atoms with Gasteiger partial charge < -0.3 is 14.5 Å². The molecular formula is C21H18N2O3. The first kappa shape index (κ1) is 16.1. The molecule has 0 fully saturated rings. The number of methoxy groups -OCH3 is 1. The molecule has 0 unspecified atom stereocenters. The molecule has 0 aliphatic heterocycles. The summed E-state index contributed by atoms with van der Waals surface area (Å²) in [5.74, 6) is 0.447. The fourth-order valence-electron chi connectivity index (χ4n) is 3.14. The van der Waals surface area contributed by atoms with Crippen molar-refractivity contribution in [2.24, 2.45) is 0 Å². The monoisotopic (exact) mass is 346 g/mol. The highest BCUT2D eigenvalue weighted by Gasteiger charge is 2.16. The second kappa shape index (κ2) is 6.52. The van der Waals surface area contributed by atoms with E-state index >= 15 is 0 Å². The van der Waals surface area contributed by atoms with E-state index in [4.69, 9.17) is 9.47 Å². The van der Waals surface area contributed by atoms with Gasteiger partial charge in [-0.1, -0.05) is 0 Å². The molecule has 26 heavy (non-hydrogen) atoms. The van der Waals surface area contributed by atoms with E-state index in [0.29, 0.717) is 12.2 Å². The maximum Gasteiger partial charge on any atom is 0.338 e. The molecule has 0 radical (unpaired) electrons. The minimum atomic E-state index is -0.333. The number of aromatic nitrogens is 2. The first-order valence-corrected chi connectivity index (χ1v) is 8.43. The van der Waals surface area contributed by atoms with Gasteiger partial charge in [-0.3, -0.25) is 4.98 Å². The summed E-state index contributed by atoms with van der Waals surface area (Å²) < 4.78 is 10.5. The number of H-pyrrole nitrogens is 1. The average molecular weight is 346 g/mol. The van der Waals surface area contributed by atoms with Crippen LogP contribution in [0.1, 0.15) is 17.3 Å². The number of pyridine rings is 1. The van der Waals surface area contributed by atoms with Crippen molar-refractivity contribution in [1.29, 1.82) is 0 Å². The summed E-state index contributed by atoms with van der Waals surface area (Å²) in [4.78, 5) is 20.4. The van der Waals surface area contributed by atoms with E-state index in [-0.39, 0.29) is 5.97 Å². The van der Waals surface area contributed by atoms with Gasteiger partial charge in [0.25, 0.3) is 0 Å². The molecule has 0 saturated heterocycles. The van der Waals surface area contributed by atoms with Crippen LogP contribution in [0.3, 0.4) is 0 Å². The Morgan fingerprint density at radius 1 is 1.08 bits per heavy atom. The number of nitrogens with zero attached hydrogens (tertiary/aromatic N) is 1. The van der Waals surface area contributed by atoms with Gasteiger partial charge in [0.1, 0.15) is 5.75 Å². The number of carbonyl (C=O) groups is 1. The molecule has 2 heterocycles. The second-order valence-electron chi connectivity index (χ2n) is 5.91. The van der Waals surface area contributed by atoms with Gasteiger partial charge >= 0.3 is 5.97 Å². The lowest BCUT2D eigenvalue weighted by atomic mass is 10.0. The zero-order valence-corrected chi connectivity index (χ0v) is 14.6. The van der Waals surface area contributed by atoms with E-state index < -0.39 is 0 Å². The van der Waals surface area contributed by atoms with E-state index in [2.05, 4.69) is 9.97 Å². The zero-order valence-electron chi connectivity index (χ0n) is 14.6. The molecular weight excluding hydrogens is 328 g/mol. The number of rotatable bonds is 4. The fourth-order valence-corrected chi connectivity index (χ4v) is 3.14. The molecule has 4 rings (SSSR count). The molecule has 2 aromatic carbocycles. The van der Waals surface area contributed by atoms with Crippen molar-refractivity contribution in [2.75, 3.05) is 13.7 Å². The van der Waals surface area contributed by atoms with Crippen molar-refractivity contribution >= 4 is 27.8 Å². The molecule has 1 N–H and O–H groups in total. The Morgan fingerprint density at radius 3 is 2.62 bits per heavy atom. The second-order valence-corrected chi connectivity index (χ2v) is 5.91. The van der Waals surface area contributed by atoms with Gasteiger partial charge in [0.15, 0.2) is 0 Å². The van der Waals surface area contributed by atoms with Crippen molar-refractivity contribution in [1.82, 2.24) is 9.97 Å². The molecule has 0 atom stereocenters. The Hall–Kier alpha value is -3.34. The Balaban J connectivity index is 1.98. The van der Waals surface area contributed by atoms with Crippen molar-refractivity contribution in [2.45, 2.75) is 6.92 Å². The van der Waals surface area contributed by atoms with Crippen LogP contribution in [-0.2, 0) is 4.74 Å². The number of esters is 1. The maximum atomic E-state index is 12.5. The average Bonchev–Trinajstić information content (AvgIpc) is 3.16. The molecule has 0 amide bonds. The van der Waals surface area contributed by atoms with Gasteiger partial charge in [-0.2, -0.15) is 0 Å². The van der Waals surface area contributed by atoms with Crippen LogP contribution in [0.25, 0.3) is 33.1 Å². The predicted molar refractivity (Wildman–Crippen MR) is 102 cm³/mol. The smallest absolute Gasteiger partial charge is 0.338 e. The number of hydrogen-bond donors (Lipinski definition) is 1. The topological polar surface area (TPSA) is 64.2 Å². The van der Waals surface area contributed by atoms with E-state index in [1.165, 1.54) is 0 Å². The van der Waals surface area contributed by atoms with Crippen molar-refractivity contribution in [3.63, 3.8) is 0 Å². The van der Waals surface area contributed by atoms with Crippen LogP contribution in [0.2, 0.25) is 0 Å². The summed E-state index contributed by atoms with van der Waals surface area (Å²) in [6.45, 7) is 2.13. The summed E-state index contributed by atoms with van der Waals surface area (Å²) >= 11 is 0. The molecule has 0 saturated carbocycles. The van der Waals surface area contributed by atoms with Crippen molar-refractivity contribution < 1.29 is 14.3 Å². The lowest BCUT2D eigenvalue weighted by Crippen LogP contribution is -2.06. The van der Waals surface area contributed by atoms with Crippen LogP contribution in [0, 0.1) is 0 Å². The molecule has 4 aromatic rings. The highest BCUT2D eigenvalue weighted by atomic mass is 16.5. The number of aromatic amines is 1. The Morgan fingerprint density at radius 2 is 1.88 bits per heavy atom. The standard InChI is InChI=1S/C21H18N2O3/c1-3-26-21(24)17-12-19(13-4-6-14(25-2)7-5-13)23-20-15(17)8-9-18-16(20)10-11-22-18/h4-12,23H,3H2,1-2H3. The van der Waals surface area contributed by atoms with Crippen molar-refractivity contribution in [3.05, 3.63) is 60.3 Å². The summed E-state index contributed by atoms with van der Waals surface area (Å²) in [6, 6.07) is 15.3. The third-order valence-electron chi connectivity index (χ3n) is 4.41. The van der Waals surface area contributed by atoms with Crippen LogP contribution >= 0.6 is 0 Å². The first-order chi connectivity index (χ1) is 12.7. The molecule has 0 bridgehead atoms. The number of nitrogens with one attached hydrogen (secondary N) is 1. The molecule has 0 aliphatic rings. The normalized spacial score (nSPS) is 11.0. The van der Waals surface area contributed by atoms with Crippen LogP contribution in [-0.4, -0.2) is 29.7 Å². The van der Waals surface area contributed by atoms with E-state index in [1.54, 1.807) is 20.2 Å². The predicted octanol–water partition coefficient (Wildman–Crippen LogP) is 4.57.